The molecule has 0 spiro atoms. The maximum atomic E-state index is 11.4. The summed E-state index contributed by atoms with van der Waals surface area (Å²) >= 11 is 0. The zero-order valence-electron chi connectivity index (χ0n) is 20.2. The molecule has 4 aliphatic rings. The highest BCUT2D eigenvalue weighted by Crippen LogP contribution is 2.57. The van der Waals surface area contributed by atoms with Gasteiger partial charge in [-0.3, -0.25) is 0 Å². The van der Waals surface area contributed by atoms with Gasteiger partial charge < -0.3 is 9.84 Å². The van der Waals surface area contributed by atoms with Crippen molar-refractivity contribution in [2.75, 3.05) is 0 Å². The number of phenolic OH excluding ortho intramolecular Hbond substituents is 1. The van der Waals surface area contributed by atoms with E-state index in [0.29, 0.717) is 5.75 Å². The number of hydrogen-bond donors (Lipinski definition) is 1. The van der Waals surface area contributed by atoms with E-state index in [-0.39, 0.29) is 11.6 Å². The van der Waals surface area contributed by atoms with Gasteiger partial charge in [0.15, 0.2) is 0 Å². The minimum atomic E-state index is -0.225. The smallest absolute Gasteiger partial charge is 0.330 e. The highest BCUT2D eigenvalue weighted by atomic mass is 16.6. The molecule has 0 atom stereocenters. The molecule has 3 nitrogen and oxygen atoms in total. The van der Waals surface area contributed by atoms with Crippen molar-refractivity contribution in [1.29, 1.82) is 0 Å². The molecule has 4 bridgehead atoms. The number of aryl methyl sites for hydroxylation is 1. The Labute approximate surface area is 203 Å². The molecule has 0 unspecified atom stereocenters. The van der Waals surface area contributed by atoms with Gasteiger partial charge in [0, 0.05) is 6.08 Å². The molecule has 3 heteroatoms. The summed E-state index contributed by atoms with van der Waals surface area (Å²) in [5, 5.41) is 9.18. The topological polar surface area (TPSA) is 46.5 Å². The number of rotatable bonds is 6. The molecule has 4 aliphatic carbocycles. The van der Waals surface area contributed by atoms with Crippen LogP contribution < -0.4 is 0 Å². The highest BCUT2D eigenvalue weighted by molar-refractivity contribution is 5.81. The van der Waals surface area contributed by atoms with Crippen molar-refractivity contribution in [2.45, 2.75) is 57.5 Å². The largest absolute Gasteiger partial charge is 0.508 e. The summed E-state index contributed by atoms with van der Waals surface area (Å²) in [4.78, 5) is 11.4. The summed E-state index contributed by atoms with van der Waals surface area (Å²) in [6.07, 6.45) is 18.0. The van der Waals surface area contributed by atoms with E-state index >= 15 is 0 Å². The minimum Gasteiger partial charge on any atom is -0.508 e. The molecule has 1 N–H and O–H groups in total. The number of benzene rings is 2. The molecule has 0 aromatic heterocycles. The fourth-order valence-corrected chi connectivity index (χ4v) is 6.19. The van der Waals surface area contributed by atoms with Crippen molar-refractivity contribution < 1.29 is 14.6 Å². The Kier molecular flexibility index (Phi) is 7.72. The van der Waals surface area contributed by atoms with Gasteiger partial charge in [0.25, 0.3) is 0 Å². The lowest BCUT2D eigenvalue weighted by Gasteiger charge is -2.55. The number of carbonyl (C=O) groups excluding carboxylic acids is 1. The Balaban J connectivity index is 0.000000165. The number of phenols is 1. The molecule has 6 rings (SSSR count). The van der Waals surface area contributed by atoms with E-state index in [1.807, 2.05) is 30.4 Å². The van der Waals surface area contributed by atoms with Crippen LogP contribution in [0.1, 0.15) is 62.1 Å². The fourth-order valence-electron chi connectivity index (χ4n) is 6.19. The zero-order chi connectivity index (χ0) is 24.0. The van der Waals surface area contributed by atoms with E-state index < -0.39 is 0 Å². The van der Waals surface area contributed by atoms with E-state index in [1.165, 1.54) is 36.5 Å². The molecule has 0 saturated heterocycles. The molecule has 4 saturated carbocycles. The van der Waals surface area contributed by atoms with Crippen LogP contribution in [0.4, 0.5) is 0 Å². The first-order valence-corrected chi connectivity index (χ1v) is 12.5. The molecule has 34 heavy (non-hydrogen) atoms. The minimum absolute atomic E-state index is 0.0972. The Morgan fingerprint density at radius 2 is 1.38 bits per heavy atom. The third-order valence-electron chi connectivity index (χ3n) is 7.44. The van der Waals surface area contributed by atoms with Crippen LogP contribution in [-0.4, -0.2) is 16.7 Å². The van der Waals surface area contributed by atoms with Crippen molar-refractivity contribution >= 4 is 18.1 Å². The lowest BCUT2D eigenvalue weighted by molar-refractivity contribution is -0.181. The van der Waals surface area contributed by atoms with Crippen LogP contribution in [0.25, 0.3) is 12.2 Å². The Morgan fingerprint density at radius 1 is 0.912 bits per heavy atom. The summed E-state index contributed by atoms with van der Waals surface area (Å²) in [7, 11) is 0. The fraction of sp³-hybridized carbons (Fsp3) is 0.387. The van der Waals surface area contributed by atoms with Gasteiger partial charge in [0.2, 0.25) is 0 Å². The lowest BCUT2D eigenvalue weighted by Crippen LogP contribution is -2.52. The van der Waals surface area contributed by atoms with Crippen molar-refractivity contribution in [1.82, 2.24) is 0 Å². The van der Waals surface area contributed by atoms with Gasteiger partial charge in [-0.1, -0.05) is 74.2 Å². The van der Waals surface area contributed by atoms with E-state index in [9.17, 15) is 9.90 Å². The molecule has 178 valence electrons. The summed E-state index contributed by atoms with van der Waals surface area (Å²) in [5.41, 5.74) is 3.54. The first-order valence-electron chi connectivity index (χ1n) is 12.5. The first-order chi connectivity index (χ1) is 16.5. The summed E-state index contributed by atoms with van der Waals surface area (Å²) in [5.74, 6) is 2.55. The molecule has 4 fully saturated rings. The summed E-state index contributed by atoms with van der Waals surface area (Å²) < 4.78 is 5.64. The molecular weight excluding hydrogens is 420 g/mol. The zero-order valence-corrected chi connectivity index (χ0v) is 20.2. The van der Waals surface area contributed by atoms with E-state index in [1.54, 1.807) is 12.1 Å². The third kappa shape index (κ3) is 6.28. The normalized spacial score (nSPS) is 26.9. The van der Waals surface area contributed by atoms with Gasteiger partial charge in [-0.2, -0.15) is 0 Å². The molecule has 2 aromatic rings. The van der Waals surface area contributed by atoms with E-state index in [4.69, 9.17) is 4.74 Å². The molecule has 2 aromatic carbocycles. The molecule has 0 amide bonds. The highest BCUT2D eigenvalue weighted by Gasteiger charge is 2.52. The number of carbonyl (C=O) groups is 1. The number of aromatic hydroxyl groups is 1. The second kappa shape index (κ2) is 10.9. The maximum Gasteiger partial charge on any atom is 0.330 e. The number of ether oxygens (including phenoxy) is 1. The average molecular weight is 457 g/mol. The Bertz CT molecular complexity index is 992. The number of hydrogen-bond acceptors (Lipinski definition) is 3. The van der Waals surface area contributed by atoms with Crippen LogP contribution in [0.15, 0.2) is 73.3 Å². The predicted octanol–water partition coefficient (Wildman–Crippen LogP) is 7.37. The molecule has 0 heterocycles. The number of allylic oxidation sites excluding steroid dienone is 2. The van der Waals surface area contributed by atoms with Crippen LogP contribution >= 0.6 is 0 Å². The lowest BCUT2D eigenvalue weighted by atomic mass is 9.54. The Morgan fingerprint density at radius 3 is 1.82 bits per heavy atom. The average Bonchev–Trinajstić information content (AvgIpc) is 2.82. The van der Waals surface area contributed by atoms with Gasteiger partial charge in [-0.25, -0.2) is 4.79 Å². The standard InChI is InChI=1S/C18H18O.C13H18O2/c1-2-15-7-9-16(10-8-15)5-3-4-6-17-11-13-18(19)14-12-17;1-2-12(14)15-13-6-9-3-10(7-13)5-11(4-9)8-13/h3-14,19H,2H2,1H3;2,9-11H,1,3-8H2. The van der Waals surface area contributed by atoms with Gasteiger partial charge in [-0.05, 0) is 91.5 Å². The van der Waals surface area contributed by atoms with Crippen molar-refractivity contribution in [2.24, 2.45) is 17.8 Å². The van der Waals surface area contributed by atoms with E-state index in [2.05, 4.69) is 43.8 Å². The van der Waals surface area contributed by atoms with Gasteiger partial charge >= 0.3 is 5.97 Å². The van der Waals surface area contributed by atoms with Crippen molar-refractivity contribution in [3.05, 3.63) is 90.0 Å². The second-order valence-corrected chi connectivity index (χ2v) is 10.1. The van der Waals surface area contributed by atoms with Gasteiger partial charge in [-0.15, -0.1) is 0 Å². The van der Waals surface area contributed by atoms with Crippen molar-refractivity contribution in [3.63, 3.8) is 0 Å². The molecule has 0 aliphatic heterocycles. The van der Waals surface area contributed by atoms with Crippen LogP contribution in [-0.2, 0) is 16.0 Å². The maximum absolute atomic E-state index is 11.4. The van der Waals surface area contributed by atoms with Crippen molar-refractivity contribution in [3.8, 4) is 5.75 Å². The monoisotopic (exact) mass is 456 g/mol. The van der Waals surface area contributed by atoms with Crippen LogP contribution in [0.3, 0.4) is 0 Å². The van der Waals surface area contributed by atoms with Gasteiger partial charge in [0.1, 0.15) is 11.4 Å². The third-order valence-corrected chi connectivity index (χ3v) is 7.44. The van der Waals surface area contributed by atoms with E-state index in [0.717, 1.165) is 49.0 Å². The predicted molar refractivity (Wildman–Crippen MR) is 139 cm³/mol. The van der Waals surface area contributed by atoms with Crippen LogP contribution in [0.5, 0.6) is 5.75 Å². The number of esters is 1. The van der Waals surface area contributed by atoms with Crippen LogP contribution in [0, 0.1) is 17.8 Å². The summed E-state index contributed by atoms with van der Waals surface area (Å²) in [6, 6.07) is 15.7. The molecule has 0 radical (unpaired) electrons. The first kappa shape index (κ1) is 24.1. The summed E-state index contributed by atoms with van der Waals surface area (Å²) in [6.45, 7) is 5.64. The van der Waals surface area contributed by atoms with Gasteiger partial charge in [0.05, 0.1) is 0 Å². The Hall–Kier alpha value is -3.07. The second-order valence-electron chi connectivity index (χ2n) is 10.1. The van der Waals surface area contributed by atoms with Crippen LogP contribution in [0.2, 0.25) is 0 Å². The quantitative estimate of drug-likeness (QED) is 0.280. The molecular formula is C31H36O3. The SMILES string of the molecule is C=CC(=O)OC12CC3CC(CC(C3)C1)C2.CCc1ccc(C=CC=Cc2ccc(O)cc2)cc1.